The van der Waals surface area contributed by atoms with E-state index in [1.54, 1.807) is 0 Å². The highest BCUT2D eigenvalue weighted by Crippen LogP contribution is 2.20. The molecule has 0 spiro atoms. The first-order valence-electron chi connectivity index (χ1n) is 7.70. The molecular formula is C17H27NO3. The van der Waals surface area contributed by atoms with Crippen molar-refractivity contribution < 1.29 is 14.6 Å². The van der Waals surface area contributed by atoms with Crippen molar-refractivity contribution in [1.82, 2.24) is 5.32 Å². The molecule has 0 radical (unpaired) electrons. The SMILES string of the molecule is CCC(CC)C(=O)NCC(O)c1cccc(OC(C)C)c1. The van der Waals surface area contributed by atoms with Crippen molar-refractivity contribution >= 4 is 5.91 Å². The van der Waals surface area contributed by atoms with Crippen LogP contribution >= 0.6 is 0 Å². The summed E-state index contributed by atoms with van der Waals surface area (Å²) in [4.78, 5) is 11.9. The van der Waals surface area contributed by atoms with Crippen LogP contribution in [0.3, 0.4) is 0 Å². The second-order valence-electron chi connectivity index (χ2n) is 5.51. The lowest BCUT2D eigenvalue weighted by Gasteiger charge is -2.17. The van der Waals surface area contributed by atoms with Crippen LogP contribution in [0.5, 0.6) is 5.75 Å². The second kappa shape index (κ2) is 8.67. The third-order valence-corrected chi connectivity index (χ3v) is 3.44. The number of benzene rings is 1. The van der Waals surface area contributed by atoms with Crippen LogP contribution in [-0.2, 0) is 4.79 Å². The first kappa shape index (κ1) is 17.5. The molecule has 1 unspecified atom stereocenters. The summed E-state index contributed by atoms with van der Waals surface area (Å²) in [5, 5.41) is 13.0. The third-order valence-electron chi connectivity index (χ3n) is 3.44. The van der Waals surface area contributed by atoms with Gasteiger partial charge in [0.25, 0.3) is 0 Å². The molecule has 0 aromatic heterocycles. The van der Waals surface area contributed by atoms with Crippen molar-refractivity contribution in [3.05, 3.63) is 29.8 Å². The number of rotatable bonds is 8. The van der Waals surface area contributed by atoms with Crippen LogP contribution in [-0.4, -0.2) is 23.7 Å². The highest BCUT2D eigenvalue weighted by Gasteiger charge is 2.16. The minimum Gasteiger partial charge on any atom is -0.491 e. The summed E-state index contributed by atoms with van der Waals surface area (Å²) >= 11 is 0. The van der Waals surface area contributed by atoms with Gasteiger partial charge in [0.2, 0.25) is 5.91 Å². The zero-order chi connectivity index (χ0) is 15.8. The fourth-order valence-corrected chi connectivity index (χ4v) is 2.19. The van der Waals surface area contributed by atoms with Crippen LogP contribution in [0.4, 0.5) is 0 Å². The van der Waals surface area contributed by atoms with Crippen molar-refractivity contribution in [3.63, 3.8) is 0 Å². The molecule has 4 heteroatoms. The molecule has 1 rings (SSSR count). The molecule has 118 valence electrons. The average Bonchev–Trinajstić information content (AvgIpc) is 2.45. The fraction of sp³-hybridized carbons (Fsp3) is 0.588. The number of aliphatic hydroxyl groups is 1. The molecule has 1 atom stereocenters. The van der Waals surface area contributed by atoms with E-state index in [-0.39, 0.29) is 24.5 Å². The molecular weight excluding hydrogens is 266 g/mol. The summed E-state index contributed by atoms with van der Waals surface area (Å²) in [6.07, 6.45) is 0.998. The molecule has 0 aliphatic carbocycles. The van der Waals surface area contributed by atoms with Crippen molar-refractivity contribution in [2.45, 2.75) is 52.7 Å². The third kappa shape index (κ3) is 5.76. The van der Waals surface area contributed by atoms with Crippen molar-refractivity contribution in [2.75, 3.05) is 6.54 Å². The monoisotopic (exact) mass is 293 g/mol. The molecule has 2 N–H and O–H groups in total. The van der Waals surface area contributed by atoms with Crippen LogP contribution in [0.1, 0.15) is 52.2 Å². The van der Waals surface area contributed by atoms with Crippen molar-refractivity contribution in [3.8, 4) is 5.75 Å². The van der Waals surface area contributed by atoms with Crippen LogP contribution in [0.15, 0.2) is 24.3 Å². The molecule has 0 saturated heterocycles. The Morgan fingerprint density at radius 2 is 1.95 bits per heavy atom. The Hall–Kier alpha value is -1.55. The fourth-order valence-electron chi connectivity index (χ4n) is 2.19. The highest BCUT2D eigenvalue weighted by atomic mass is 16.5. The lowest BCUT2D eigenvalue weighted by atomic mass is 10.0. The molecule has 0 fully saturated rings. The molecule has 1 amide bonds. The summed E-state index contributed by atoms with van der Waals surface area (Å²) in [5.74, 6) is 0.759. The van der Waals surface area contributed by atoms with E-state index in [4.69, 9.17) is 4.74 Å². The Bertz CT molecular complexity index is 441. The first-order valence-corrected chi connectivity index (χ1v) is 7.70. The minimum atomic E-state index is -0.723. The summed E-state index contributed by atoms with van der Waals surface area (Å²) in [6, 6.07) is 7.35. The summed E-state index contributed by atoms with van der Waals surface area (Å²) in [5.41, 5.74) is 0.748. The Kier molecular flexibility index (Phi) is 7.23. The first-order chi connectivity index (χ1) is 9.97. The van der Waals surface area contributed by atoms with E-state index in [0.29, 0.717) is 0 Å². The quantitative estimate of drug-likeness (QED) is 0.774. The molecule has 21 heavy (non-hydrogen) atoms. The molecule has 1 aromatic rings. The zero-order valence-electron chi connectivity index (χ0n) is 13.4. The molecule has 0 bridgehead atoms. The van der Waals surface area contributed by atoms with Gasteiger partial charge in [-0.2, -0.15) is 0 Å². The number of aliphatic hydroxyl groups excluding tert-OH is 1. The van der Waals surface area contributed by atoms with Gasteiger partial charge in [0.1, 0.15) is 5.75 Å². The number of nitrogens with one attached hydrogen (secondary N) is 1. The van der Waals surface area contributed by atoms with Crippen LogP contribution in [0.25, 0.3) is 0 Å². The Morgan fingerprint density at radius 1 is 1.29 bits per heavy atom. The summed E-state index contributed by atoms with van der Waals surface area (Å²) in [7, 11) is 0. The van der Waals surface area contributed by atoms with Gasteiger partial charge in [-0.25, -0.2) is 0 Å². The van der Waals surface area contributed by atoms with E-state index in [0.717, 1.165) is 24.2 Å². The van der Waals surface area contributed by atoms with Gasteiger partial charge in [0.15, 0.2) is 0 Å². The van der Waals surface area contributed by atoms with E-state index in [9.17, 15) is 9.90 Å². The van der Waals surface area contributed by atoms with Gasteiger partial charge < -0.3 is 15.2 Å². The van der Waals surface area contributed by atoms with E-state index in [1.165, 1.54) is 0 Å². The van der Waals surface area contributed by atoms with Gasteiger partial charge in [-0.15, -0.1) is 0 Å². The van der Waals surface area contributed by atoms with E-state index < -0.39 is 6.10 Å². The van der Waals surface area contributed by atoms with E-state index in [1.807, 2.05) is 52.0 Å². The largest absolute Gasteiger partial charge is 0.491 e. The molecule has 0 aliphatic heterocycles. The standard InChI is InChI=1S/C17H27NO3/c1-5-13(6-2)17(20)18-11-16(19)14-8-7-9-15(10-14)21-12(3)4/h7-10,12-13,16,19H,5-6,11H2,1-4H3,(H,18,20). The molecule has 0 saturated carbocycles. The van der Waals surface area contributed by atoms with Gasteiger partial charge in [0.05, 0.1) is 12.2 Å². The number of carbonyl (C=O) groups excluding carboxylic acids is 1. The lowest BCUT2D eigenvalue weighted by Crippen LogP contribution is -2.33. The maximum absolute atomic E-state index is 11.9. The number of hydrogen-bond acceptors (Lipinski definition) is 3. The Morgan fingerprint density at radius 3 is 2.52 bits per heavy atom. The van der Waals surface area contributed by atoms with Gasteiger partial charge in [-0.1, -0.05) is 26.0 Å². The Balaban J connectivity index is 2.59. The Labute approximate surface area is 127 Å². The molecule has 0 aliphatic rings. The van der Waals surface area contributed by atoms with Gasteiger partial charge in [-0.3, -0.25) is 4.79 Å². The smallest absolute Gasteiger partial charge is 0.223 e. The second-order valence-corrected chi connectivity index (χ2v) is 5.51. The number of carbonyl (C=O) groups is 1. The van der Waals surface area contributed by atoms with Gasteiger partial charge in [-0.05, 0) is 44.4 Å². The summed E-state index contributed by atoms with van der Waals surface area (Å²) in [6.45, 7) is 8.13. The number of hydrogen-bond donors (Lipinski definition) is 2. The number of ether oxygens (including phenoxy) is 1. The van der Waals surface area contributed by atoms with Crippen molar-refractivity contribution in [1.29, 1.82) is 0 Å². The zero-order valence-corrected chi connectivity index (χ0v) is 13.4. The van der Waals surface area contributed by atoms with Crippen LogP contribution in [0.2, 0.25) is 0 Å². The predicted octanol–water partition coefficient (Wildman–Crippen LogP) is 3.06. The topological polar surface area (TPSA) is 58.6 Å². The van der Waals surface area contributed by atoms with Gasteiger partial charge >= 0.3 is 0 Å². The maximum Gasteiger partial charge on any atom is 0.223 e. The van der Waals surface area contributed by atoms with Gasteiger partial charge in [0, 0.05) is 12.5 Å². The maximum atomic E-state index is 11.9. The van der Waals surface area contributed by atoms with Crippen LogP contribution < -0.4 is 10.1 Å². The summed E-state index contributed by atoms with van der Waals surface area (Å²) < 4.78 is 5.61. The molecule has 4 nitrogen and oxygen atoms in total. The molecule has 0 heterocycles. The average molecular weight is 293 g/mol. The van der Waals surface area contributed by atoms with Crippen molar-refractivity contribution in [2.24, 2.45) is 5.92 Å². The lowest BCUT2D eigenvalue weighted by molar-refractivity contribution is -0.125. The van der Waals surface area contributed by atoms with E-state index >= 15 is 0 Å². The number of amides is 1. The highest BCUT2D eigenvalue weighted by molar-refractivity contribution is 5.78. The van der Waals surface area contributed by atoms with Crippen LogP contribution in [0, 0.1) is 5.92 Å². The molecule has 1 aromatic carbocycles. The normalized spacial score (nSPS) is 12.5. The van der Waals surface area contributed by atoms with E-state index in [2.05, 4.69) is 5.32 Å². The predicted molar refractivity (Wildman–Crippen MR) is 84.2 cm³/mol. The minimum absolute atomic E-state index is 0.00800.